The van der Waals surface area contributed by atoms with Crippen LogP contribution in [0.5, 0.6) is 0 Å². The Morgan fingerprint density at radius 3 is 2.63 bits per heavy atom. The molecule has 2 aromatic heterocycles. The van der Waals surface area contributed by atoms with Gasteiger partial charge < -0.3 is 0 Å². The van der Waals surface area contributed by atoms with Gasteiger partial charge in [-0.2, -0.15) is 10.4 Å². The standard InChI is InChI=1S/C20H15ClFN5/c1-11-19(21)27(15-6-7-18-16(9-15)12(2)26(3)25-18)20(24-11)13-4-5-14(10-23)17(22)8-13/h4-9H,1-3H3. The Morgan fingerprint density at radius 2 is 1.93 bits per heavy atom. The van der Waals surface area contributed by atoms with Gasteiger partial charge in [0, 0.05) is 29.4 Å². The first-order valence-electron chi connectivity index (χ1n) is 8.29. The molecule has 0 atom stereocenters. The average molecular weight is 380 g/mol. The molecule has 0 unspecified atom stereocenters. The zero-order valence-electron chi connectivity index (χ0n) is 15.0. The Kier molecular flexibility index (Phi) is 3.97. The molecule has 0 saturated carbocycles. The van der Waals surface area contributed by atoms with Crippen LogP contribution in [0.2, 0.25) is 5.15 Å². The highest BCUT2D eigenvalue weighted by Gasteiger charge is 2.18. The molecule has 5 nitrogen and oxygen atoms in total. The lowest BCUT2D eigenvalue weighted by Crippen LogP contribution is -1.99. The Hall–Kier alpha value is -3.17. The van der Waals surface area contributed by atoms with Crippen molar-refractivity contribution in [2.24, 2.45) is 7.05 Å². The van der Waals surface area contributed by atoms with Crippen molar-refractivity contribution >= 4 is 22.5 Å². The summed E-state index contributed by atoms with van der Waals surface area (Å²) >= 11 is 6.53. The van der Waals surface area contributed by atoms with E-state index in [2.05, 4.69) is 10.1 Å². The zero-order valence-corrected chi connectivity index (χ0v) is 15.7. The summed E-state index contributed by atoms with van der Waals surface area (Å²) in [6.45, 7) is 3.80. The average Bonchev–Trinajstić information content (AvgIpc) is 3.11. The molecule has 0 radical (unpaired) electrons. The maximum Gasteiger partial charge on any atom is 0.146 e. The highest BCUT2D eigenvalue weighted by atomic mass is 35.5. The summed E-state index contributed by atoms with van der Waals surface area (Å²) in [6.07, 6.45) is 0. The Morgan fingerprint density at radius 1 is 1.15 bits per heavy atom. The van der Waals surface area contributed by atoms with Gasteiger partial charge in [0.1, 0.15) is 22.9 Å². The minimum Gasteiger partial charge on any atom is -0.283 e. The summed E-state index contributed by atoms with van der Waals surface area (Å²) in [5.41, 5.74) is 3.91. The van der Waals surface area contributed by atoms with E-state index >= 15 is 0 Å². The van der Waals surface area contributed by atoms with E-state index in [0.29, 0.717) is 22.2 Å². The van der Waals surface area contributed by atoms with E-state index in [-0.39, 0.29) is 5.56 Å². The smallest absolute Gasteiger partial charge is 0.146 e. The van der Waals surface area contributed by atoms with Crippen LogP contribution < -0.4 is 0 Å². The van der Waals surface area contributed by atoms with Gasteiger partial charge >= 0.3 is 0 Å². The van der Waals surface area contributed by atoms with Gasteiger partial charge in [0.05, 0.1) is 16.8 Å². The number of aromatic nitrogens is 4. The molecular weight excluding hydrogens is 365 g/mol. The number of imidazole rings is 1. The fourth-order valence-electron chi connectivity index (χ4n) is 3.13. The van der Waals surface area contributed by atoms with E-state index in [4.69, 9.17) is 16.9 Å². The van der Waals surface area contributed by atoms with E-state index in [1.807, 2.05) is 42.9 Å². The third-order valence-corrected chi connectivity index (χ3v) is 5.14. The third-order valence-electron chi connectivity index (χ3n) is 4.70. The molecule has 7 heteroatoms. The maximum atomic E-state index is 14.1. The highest BCUT2D eigenvalue weighted by molar-refractivity contribution is 6.30. The molecule has 0 amide bonds. The third kappa shape index (κ3) is 2.68. The van der Waals surface area contributed by atoms with Gasteiger partial charge in [0.15, 0.2) is 0 Å². The van der Waals surface area contributed by atoms with Crippen LogP contribution in [0.3, 0.4) is 0 Å². The summed E-state index contributed by atoms with van der Waals surface area (Å²) in [5.74, 6) is -0.0707. The van der Waals surface area contributed by atoms with Crippen LogP contribution in [0.1, 0.15) is 17.0 Å². The number of aryl methyl sites for hydroxylation is 3. The number of rotatable bonds is 2. The van der Waals surface area contributed by atoms with Crippen LogP contribution in [0.4, 0.5) is 4.39 Å². The Balaban J connectivity index is 1.95. The first-order valence-corrected chi connectivity index (χ1v) is 8.67. The summed E-state index contributed by atoms with van der Waals surface area (Å²) in [5, 5.41) is 14.9. The lowest BCUT2D eigenvalue weighted by Gasteiger charge is -2.10. The molecule has 0 N–H and O–H groups in total. The minimum atomic E-state index is -0.586. The quantitative estimate of drug-likeness (QED) is 0.507. The molecule has 2 aromatic carbocycles. The van der Waals surface area contributed by atoms with Gasteiger partial charge in [-0.25, -0.2) is 9.37 Å². The highest BCUT2D eigenvalue weighted by Crippen LogP contribution is 2.32. The van der Waals surface area contributed by atoms with Gasteiger partial charge in [0.2, 0.25) is 0 Å². The largest absolute Gasteiger partial charge is 0.283 e. The summed E-state index contributed by atoms with van der Waals surface area (Å²) in [7, 11) is 1.90. The first kappa shape index (κ1) is 17.3. The molecule has 27 heavy (non-hydrogen) atoms. The number of hydrogen-bond acceptors (Lipinski definition) is 3. The van der Waals surface area contributed by atoms with Crippen molar-refractivity contribution in [3.05, 3.63) is 64.3 Å². The second-order valence-electron chi connectivity index (χ2n) is 6.36. The fourth-order valence-corrected chi connectivity index (χ4v) is 3.35. The molecule has 0 aliphatic heterocycles. The molecule has 2 heterocycles. The molecule has 4 rings (SSSR count). The van der Waals surface area contributed by atoms with Crippen molar-refractivity contribution in [2.75, 3.05) is 0 Å². The van der Waals surface area contributed by atoms with Crippen molar-refractivity contribution in [1.82, 2.24) is 19.3 Å². The van der Waals surface area contributed by atoms with Gasteiger partial charge in [-0.1, -0.05) is 11.6 Å². The van der Waals surface area contributed by atoms with Crippen LogP contribution in [-0.4, -0.2) is 19.3 Å². The fraction of sp³-hybridized carbons (Fsp3) is 0.150. The molecule has 0 saturated heterocycles. The van der Waals surface area contributed by atoms with Gasteiger partial charge in [-0.15, -0.1) is 0 Å². The second-order valence-corrected chi connectivity index (χ2v) is 6.72. The van der Waals surface area contributed by atoms with Crippen molar-refractivity contribution in [1.29, 1.82) is 5.26 Å². The van der Waals surface area contributed by atoms with E-state index in [0.717, 1.165) is 22.3 Å². The summed E-state index contributed by atoms with van der Waals surface area (Å²) in [6, 6.07) is 12.1. The van der Waals surface area contributed by atoms with Crippen LogP contribution in [0.15, 0.2) is 36.4 Å². The van der Waals surface area contributed by atoms with Crippen LogP contribution >= 0.6 is 11.6 Å². The van der Waals surface area contributed by atoms with Crippen LogP contribution in [-0.2, 0) is 7.05 Å². The van der Waals surface area contributed by atoms with Crippen LogP contribution in [0.25, 0.3) is 28.0 Å². The number of nitriles is 1. The summed E-state index contributed by atoms with van der Waals surface area (Å²) < 4.78 is 17.7. The van der Waals surface area contributed by atoms with E-state index in [1.165, 1.54) is 12.1 Å². The number of fused-ring (bicyclic) bond motifs is 1. The van der Waals surface area contributed by atoms with E-state index in [9.17, 15) is 4.39 Å². The normalized spacial score (nSPS) is 11.1. The predicted octanol–water partition coefficient (Wildman–Crippen LogP) is 4.71. The van der Waals surface area contributed by atoms with Crippen molar-refractivity contribution < 1.29 is 4.39 Å². The molecular formula is C20H15ClFN5. The molecule has 0 aliphatic carbocycles. The Bertz CT molecular complexity index is 1250. The number of hydrogen-bond donors (Lipinski definition) is 0. The van der Waals surface area contributed by atoms with Crippen molar-refractivity contribution in [3.63, 3.8) is 0 Å². The zero-order chi connectivity index (χ0) is 19.3. The number of benzene rings is 2. The molecule has 4 aromatic rings. The first-order chi connectivity index (χ1) is 12.9. The lowest BCUT2D eigenvalue weighted by molar-refractivity contribution is 0.624. The van der Waals surface area contributed by atoms with Crippen LogP contribution in [0, 0.1) is 31.0 Å². The van der Waals surface area contributed by atoms with Crippen molar-refractivity contribution in [2.45, 2.75) is 13.8 Å². The van der Waals surface area contributed by atoms with E-state index in [1.54, 1.807) is 17.6 Å². The second kappa shape index (κ2) is 6.22. The van der Waals surface area contributed by atoms with Gasteiger partial charge in [-0.3, -0.25) is 9.25 Å². The molecule has 0 spiro atoms. The number of nitrogens with zero attached hydrogens (tertiary/aromatic N) is 5. The van der Waals surface area contributed by atoms with E-state index < -0.39 is 5.82 Å². The molecule has 0 fully saturated rings. The van der Waals surface area contributed by atoms with Crippen molar-refractivity contribution in [3.8, 4) is 23.1 Å². The molecule has 0 bridgehead atoms. The molecule has 0 aliphatic rings. The maximum absolute atomic E-state index is 14.1. The minimum absolute atomic E-state index is 0.00733. The molecule has 134 valence electrons. The SMILES string of the molecule is Cc1nc(-c2ccc(C#N)c(F)c2)n(-c2ccc3nn(C)c(C)c3c2)c1Cl. The monoisotopic (exact) mass is 379 g/mol. The van der Waals surface area contributed by atoms with Gasteiger partial charge in [0.25, 0.3) is 0 Å². The lowest BCUT2D eigenvalue weighted by atomic mass is 10.1. The number of halogens is 2. The topological polar surface area (TPSA) is 59.4 Å². The Labute approximate surface area is 160 Å². The van der Waals surface area contributed by atoms with Gasteiger partial charge in [-0.05, 0) is 50.2 Å². The predicted molar refractivity (Wildman–Crippen MR) is 102 cm³/mol. The summed E-state index contributed by atoms with van der Waals surface area (Å²) in [4.78, 5) is 4.52.